The number of hydrogen-bond donors (Lipinski definition) is 1. The molecule has 0 amide bonds. The van der Waals surface area contributed by atoms with Gasteiger partial charge in [0.25, 0.3) is 0 Å². The maximum absolute atomic E-state index is 11.0. The fraction of sp³-hybridized carbons (Fsp3) is 0.214. The average Bonchev–Trinajstić information content (AvgIpc) is 2.76. The molecule has 0 aromatic heterocycles. The lowest BCUT2D eigenvalue weighted by Gasteiger charge is -2.40. The molecular formula is C28H28OSi. The van der Waals surface area contributed by atoms with E-state index in [1.807, 2.05) is 24.3 Å². The quantitative estimate of drug-likeness (QED) is 0.469. The van der Waals surface area contributed by atoms with Crippen LogP contribution in [-0.4, -0.2) is 13.2 Å². The third kappa shape index (κ3) is 3.56. The van der Waals surface area contributed by atoms with Crippen LogP contribution in [0.25, 0.3) is 6.08 Å². The number of aliphatic hydroxyl groups excluding tert-OH is 1. The molecule has 3 aromatic rings. The summed E-state index contributed by atoms with van der Waals surface area (Å²) in [4.78, 5) is 0. The minimum atomic E-state index is -2.46. The van der Waals surface area contributed by atoms with Gasteiger partial charge in [-0.2, -0.15) is 0 Å². The summed E-state index contributed by atoms with van der Waals surface area (Å²) in [6.45, 7) is 6.91. The minimum Gasteiger partial charge on any atom is -0.387 e. The Balaban J connectivity index is 1.88. The van der Waals surface area contributed by atoms with Crippen molar-refractivity contribution in [1.82, 2.24) is 0 Å². The number of rotatable bonds is 2. The predicted molar refractivity (Wildman–Crippen MR) is 129 cm³/mol. The second kappa shape index (κ2) is 8.11. The number of aliphatic hydroxyl groups is 1. The first kappa shape index (κ1) is 20.4. The van der Waals surface area contributed by atoms with E-state index in [2.05, 4.69) is 105 Å². The van der Waals surface area contributed by atoms with Crippen molar-refractivity contribution in [2.24, 2.45) is 5.92 Å². The molecule has 1 aliphatic carbocycles. The van der Waals surface area contributed by atoms with Crippen molar-refractivity contribution in [1.29, 1.82) is 0 Å². The van der Waals surface area contributed by atoms with Crippen molar-refractivity contribution < 1.29 is 5.11 Å². The van der Waals surface area contributed by atoms with Gasteiger partial charge in [0.1, 0.15) is 0 Å². The molecule has 0 aliphatic heterocycles. The molecule has 2 atom stereocenters. The van der Waals surface area contributed by atoms with E-state index in [4.69, 9.17) is 0 Å². The first-order valence-electron chi connectivity index (χ1n) is 10.5. The lowest BCUT2D eigenvalue weighted by atomic mass is 9.87. The fourth-order valence-electron chi connectivity index (χ4n) is 4.50. The lowest BCUT2D eigenvalue weighted by Crippen LogP contribution is -2.63. The molecule has 0 unspecified atom stereocenters. The molecule has 0 saturated heterocycles. The second-order valence-electron chi connectivity index (χ2n) is 8.96. The monoisotopic (exact) mass is 408 g/mol. The highest BCUT2D eigenvalue weighted by Gasteiger charge is 2.47. The highest BCUT2D eigenvalue weighted by atomic mass is 28.3. The normalized spacial score (nSPS) is 18.3. The largest absolute Gasteiger partial charge is 0.387 e. The standard InChI is InChI=1S/C28H28OSi/c1-28(2,3)30(24-13-6-4-7-14-24,25-15-8-5-9-16-25)21-20-23-19-18-22-12-10-11-17-26(22)27(23)29/h4-19,23,27,29H,1-3H3/t23-,27+/m1/s1. The maximum Gasteiger partial charge on any atom is 0.204 e. The molecule has 0 heterocycles. The Morgan fingerprint density at radius 1 is 0.767 bits per heavy atom. The molecule has 0 radical (unpaired) electrons. The van der Waals surface area contributed by atoms with Crippen LogP contribution in [0.1, 0.15) is 38.0 Å². The van der Waals surface area contributed by atoms with Gasteiger partial charge >= 0.3 is 0 Å². The van der Waals surface area contributed by atoms with Crippen molar-refractivity contribution in [2.45, 2.75) is 31.9 Å². The van der Waals surface area contributed by atoms with E-state index in [1.54, 1.807) is 0 Å². The first-order chi connectivity index (χ1) is 14.4. The molecule has 0 fully saturated rings. The van der Waals surface area contributed by atoms with Gasteiger partial charge in [0.15, 0.2) is 0 Å². The van der Waals surface area contributed by atoms with Gasteiger partial charge in [-0.1, -0.05) is 124 Å². The van der Waals surface area contributed by atoms with E-state index < -0.39 is 14.2 Å². The molecular weight excluding hydrogens is 380 g/mol. The Morgan fingerprint density at radius 3 is 1.87 bits per heavy atom. The summed E-state index contributed by atoms with van der Waals surface area (Å²) in [5.41, 5.74) is 5.85. The molecule has 1 nitrogen and oxygen atoms in total. The van der Waals surface area contributed by atoms with Gasteiger partial charge in [-0.3, -0.25) is 0 Å². The Labute approximate surface area is 181 Å². The van der Waals surface area contributed by atoms with Gasteiger partial charge in [0.2, 0.25) is 8.07 Å². The van der Waals surface area contributed by atoms with Crippen LogP contribution in [0.3, 0.4) is 0 Å². The molecule has 0 saturated carbocycles. The SMILES string of the molecule is CC(C)(C)[Si](C#C[C@H]1C=Cc2ccccc2[C@H]1O)(c1ccccc1)c1ccccc1. The highest BCUT2D eigenvalue weighted by Crippen LogP contribution is 2.36. The summed E-state index contributed by atoms with van der Waals surface area (Å²) in [6.07, 6.45) is 3.54. The number of benzene rings is 3. The Morgan fingerprint density at radius 2 is 1.30 bits per heavy atom. The average molecular weight is 409 g/mol. The molecule has 3 aromatic carbocycles. The van der Waals surface area contributed by atoms with Crippen LogP contribution in [0.15, 0.2) is 91.0 Å². The van der Waals surface area contributed by atoms with Gasteiger partial charge in [0.05, 0.1) is 12.0 Å². The van der Waals surface area contributed by atoms with Crippen molar-refractivity contribution in [3.63, 3.8) is 0 Å². The van der Waals surface area contributed by atoms with Gasteiger partial charge in [-0.15, -0.1) is 5.54 Å². The summed E-state index contributed by atoms with van der Waals surface area (Å²) in [7, 11) is -2.46. The van der Waals surface area contributed by atoms with Gasteiger partial charge in [-0.25, -0.2) is 0 Å². The molecule has 150 valence electrons. The van der Waals surface area contributed by atoms with Gasteiger partial charge in [-0.05, 0) is 26.5 Å². The zero-order valence-corrected chi connectivity index (χ0v) is 18.8. The summed E-state index contributed by atoms with van der Waals surface area (Å²) >= 11 is 0. The predicted octanol–water partition coefficient (Wildman–Crippen LogP) is 4.97. The van der Waals surface area contributed by atoms with E-state index in [0.29, 0.717) is 0 Å². The van der Waals surface area contributed by atoms with Crippen LogP contribution in [0, 0.1) is 17.4 Å². The topological polar surface area (TPSA) is 20.2 Å². The van der Waals surface area contributed by atoms with Crippen LogP contribution >= 0.6 is 0 Å². The summed E-state index contributed by atoms with van der Waals surface area (Å²) in [5, 5.41) is 13.6. The second-order valence-corrected chi connectivity index (χ2v) is 13.4. The zero-order chi connectivity index (χ0) is 21.2. The zero-order valence-electron chi connectivity index (χ0n) is 17.8. The Hall–Kier alpha value is -2.86. The van der Waals surface area contributed by atoms with E-state index in [0.717, 1.165) is 11.1 Å². The third-order valence-corrected chi connectivity index (χ3v) is 11.3. The molecule has 2 heteroatoms. The minimum absolute atomic E-state index is 0.0239. The van der Waals surface area contributed by atoms with Crippen molar-refractivity contribution in [2.75, 3.05) is 0 Å². The molecule has 0 spiro atoms. The van der Waals surface area contributed by atoms with Gasteiger partial charge < -0.3 is 5.11 Å². The van der Waals surface area contributed by atoms with Crippen LogP contribution in [0.4, 0.5) is 0 Å². The van der Waals surface area contributed by atoms with Crippen molar-refractivity contribution >= 4 is 24.5 Å². The molecule has 1 N–H and O–H groups in total. The lowest BCUT2D eigenvalue weighted by molar-refractivity contribution is 0.153. The Kier molecular flexibility index (Phi) is 5.52. The first-order valence-corrected chi connectivity index (χ1v) is 12.5. The van der Waals surface area contributed by atoms with Crippen LogP contribution in [0.5, 0.6) is 0 Å². The molecule has 30 heavy (non-hydrogen) atoms. The van der Waals surface area contributed by atoms with E-state index in [-0.39, 0.29) is 11.0 Å². The molecule has 4 rings (SSSR count). The number of fused-ring (bicyclic) bond motifs is 1. The van der Waals surface area contributed by atoms with E-state index >= 15 is 0 Å². The maximum atomic E-state index is 11.0. The number of hydrogen-bond acceptors (Lipinski definition) is 1. The highest BCUT2D eigenvalue weighted by molar-refractivity contribution is 7.10. The van der Waals surface area contributed by atoms with E-state index in [1.165, 1.54) is 10.4 Å². The summed E-state index contributed by atoms with van der Waals surface area (Å²) in [6, 6.07) is 29.5. The van der Waals surface area contributed by atoms with Crippen LogP contribution in [-0.2, 0) is 0 Å². The smallest absolute Gasteiger partial charge is 0.204 e. The van der Waals surface area contributed by atoms with Crippen molar-refractivity contribution in [3.8, 4) is 11.5 Å². The molecule has 1 aliphatic rings. The van der Waals surface area contributed by atoms with E-state index in [9.17, 15) is 5.11 Å². The fourth-order valence-corrected chi connectivity index (χ4v) is 8.99. The summed E-state index contributed by atoms with van der Waals surface area (Å²) < 4.78 is 0. The summed E-state index contributed by atoms with van der Waals surface area (Å²) in [5.74, 6) is 3.32. The molecule has 0 bridgehead atoms. The third-order valence-electron chi connectivity index (χ3n) is 6.10. The van der Waals surface area contributed by atoms with Crippen molar-refractivity contribution in [3.05, 3.63) is 102 Å². The van der Waals surface area contributed by atoms with Gasteiger partial charge in [0, 0.05) is 0 Å². The van der Waals surface area contributed by atoms with Crippen LogP contribution in [0.2, 0.25) is 5.04 Å². The Bertz CT molecular complexity index is 1060. The van der Waals surface area contributed by atoms with Crippen LogP contribution < -0.4 is 10.4 Å².